The van der Waals surface area contributed by atoms with Crippen LogP contribution in [0.3, 0.4) is 0 Å². The molecule has 7 nitrogen and oxygen atoms in total. The molecule has 1 aliphatic carbocycles. The van der Waals surface area contributed by atoms with Gasteiger partial charge in [0.2, 0.25) is 11.8 Å². The maximum Gasteiger partial charge on any atom is 0.242 e. The van der Waals surface area contributed by atoms with E-state index in [2.05, 4.69) is 15.1 Å². The van der Waals surface area contributed by atoms with Crippen LogP contribution in [0.25, 0.3) is 11.3 Å². The normalized spacial score (nSPS) is 15.6. The van der Waals surface area contributed by atoms with Crippen LogP contribution < -0.4 is 4.90 Å². The Bertz CT molecular complexity index is 1230. The second-order valence-electron chi connectivity index (χ2n) is 9.22. The zero-order valence-electron chi connectivity index (χ0n) is 19.8. The Labute approximate surface area is 220 Å². The van der Waals surface area contributed by atoms with Crippen molar-refractivity contribution in [2.24, 2.45) is 5.92 Å². The predicted octanol–water partition coefficient (Wildman–Crippen LogP) is 4.54. The van der Waals surface area contributed by atoms with E-state index in [0.717, 1.165) is 29.8 Å². The topological polar surface area (TPSA) is 69.6 Å². The third-order valence-corrected chi connectivity index (χ3v) is 7.14. The summed E-state index contributed by atoms with van der Waals surface area (Å²) in [6.45, 7) is 3.01. The summed E-state index contributed by atoms with van der Waals surface area (Å²) in [7, 11) is 0. The highest BCUT2D eigenvalue weighted by atomic mass is 35.5. The Hall–Kier alpha value is -3.16. The highest BCUT2D eigenvalue weighted by Gasteiger charge is 2.35. The number of piperazine rings is 1. The second kappa shape index (κ2) is 10.8. The van der Waals surface area contributed by atoms with Crippen molar-refractivity contribution in [2.75, 3.05) is 37.6 Å². The molecule has 0 bridgehead atoms. The van der Waals surface area contributed by atoms with Crippen LogP contribution in [0.1, 0.15) is 18.4 Å². The summed E-state index contributed by atoms with van der Waals surface area (Å²) in [5.74, 6) is 0.897. The molecule has 1 aromatic heterocycles. The molecule has 0 atom stereocenters. The zero-order chi connectivity index (χ0) is 25.1. The molecule has 2 aliphatic rings. The molecular weight excluding hydrogens is 497 g/mol. The average molecular weight is 524 g/mol. The van der Waals surface area contributed by atoms with Crippen LogP contribution in [0.15, 0.2) is 60.7 Å². The van der Waals surface area contributed by atoms with Gasteiger partial charge in [0.15, 0.2) is 5.82 Å². The van der Waals surface area contributed by atoms with Crippen molar-refractivity contribution in [3.8, 4) is 11.3 Å². The van der Waals surface area contributed by atoms with Crippen molar-refractivity contribution in [1.82, 2.24) is 20.0 Å². The molecule has 9 heteroatoms. The predicted molar refractivity (Wildman–Crippen MR) is 141 cm³/mol. The summed E-state index contributed by atoms with van der Waals surface area (Å²) in [6, 6.07) is 18.9. The number of hydrogen-bond acceptors (Lipinski definition) is 5. The Morgan fingerprint density at radius 2 is 1.67 bits per heavy atom. The number of halogens is 2. The lowest BCUT2D eigenvalue weighted by atomic mass is 10.1. The molecule has 1 saturated carbocycles. The number of anilines is 1. The third-order valence-electron chi connectivity index (χ3n) is 6.59. The lowest BCUT2D eigenvalue weighted by molar-refractivity contribution is -0.142. The van der Waals surface area contributed by atoms with Crippen LogP contribution in [-0.4, -0.2) is 64.5 Å². The smallest absolute Gasteiger partial charge is 0.242 e. The van der Waals surface area contributed by atoms with Gasteiger partial charge >= 0.3 is 0 Å². The molecular formula is C27H27Cl2N5O2. The van der Waals surface area contributed by atoms with Gasteiger partial charge in [0.25, 0.3) is 0 Å². The molecule has 0 spiro atoms. The summed E-state index contributed by atoms with van der Waals surface area (Å²) < 4.78 is 0. The minimum atomic E-state index is -0.0154. The van der Waals surface area contributed by atoms with Gasteiger partial charge in [0, 0.05) is 49.2 Å². The highest BCUT2D eigenvalue weighted by molar-refractivity contribution is 6.36. The largest absolute Gasteiger partial charge is 0.352 e. The number of carbonyl (C=O) groups excluding carboxylic acids is 2. The zero-order valence-corrected chi connectivity index (χ0v) is 21.3. The van der Waals surface area contributed by atoms with E-state index in [4.69, 9.17) is 23.2 Å². The van der Waals surface area contributed by atoms with Gasteiger partial charge in [-0.25, -0.2) is 0 Å². The molecule has 2 fully saturated rings. The van der Waals surface area contributed by atoms with Gasteiger partial charge in [0.1, 0.15) is 6.54 Å². The van der Waals surface area contributed by atoms with Gasteiger partial charge < -0.3 is 14.7 Å². The van der Waals surface area contributed by atoms with Crippen molar-refractivity contribution in [2.45, 2.75) is 19.4 Å². The van der Waals surface area contributed by atoms with Crippen molar-refractivity contribution in [1.29, 1.82) is 0 Å². The molecule has 2 heterocycles. The molecule has 36 heavy (non-hydrogen) atoms. The Morgan fingerprint density at radius 3 is 2.31 bits per heavy atom. The van der Waals surface area contributed by atoms with Crippen LogP contribution in [0, 0.1) is 5.92 Å². The van der Waals surface area contributed by atoms with Crippen molar-refractivity contribution in [3.63, 3.8) is 0 Å². The molecule has 1 aliphatic heterocycles. The van der Waals surface area contributed by atoms with Gasteiger partial charge in [-0.1, -0.05) is 53.5 Å². The average Bonchev–Trinajstić information content (AvgIpc) is 3.74. The summed E-state index contributed by atoms with van der Waals surface area (Å²) in [5.41, 5.74) is 2.48. The van der Waals surface area contributed by atoms with Crippen molar-refractivity contribution < 1.29 is 9.59 Å². The van der Waals surface area contributed by atoms with Crippen LogP contribution in [0.5, 0.6) is 0 Å². The van der Waals surface area contributed by atoms with E-state index in [1.165, 1.54) is 0 Å². The van der Waals surface area contributed by atoms with Crippen LogP contribution in [-0.2, 0) is 16.1 Å². The number of rotatable bonds is 7. The Morgan fingerprint density at radius 1 is 0.917 bits per heavy atom. The Kier molecular flexibility index (Phi) is 7.39. The van der Waals surface area contributed by atoms with Crippen LogP contribution >= 0.6 is 23.2 Å². The maximum atomic E-state index is 13.1. The van der Waals surface area contributed by atoms with E-state index in [1.807, 2.05) is 53.4 Å². The van der Waals surface area contributed by atoms with E-state index in [-0.39, 0.29) is 24.3 Å². The number of nitrogens with zero attached hydrogens (tertiary/aromatic N) is 5. The van der Waals surface area contributed by atoms with Crippen molar-refractivity contribution >= 4 is 40.8 Å². The summed E-state index contributed by atoms with van der Waals surface area (Å²) in [4.78, 5) is 31.6. The summed E-state index contributed by atoms with van der Waals surface area (Å²) >= 11 is 12.3. The highest BCUT2D eigenvalue weighted by Crippen LogP contribution is 2.32. The molecule has 186 valence electrons. The fraction of sp³-hybridized carbons (Fsp3) is 0.333. The molecule has 0 unspecified atom stereocenters. The second-order valence-corrected chi connectivity index (χ2v) is 10.1. The van der Waals surface area contributed by atoms with E-state index in [0.29, 0.717) is 48.5 Å². The number of carbonyl (C=O) groups is 2. The number of amides is 2. The SMILES string of the molecule is O=C(CN(Cc1ccccc1)C(=O)C1CC1)N1CCN(c2ccc(-c3ccc(Cl)cc3Cl)nn2)CC1. The molecule has 2 amide bonds. The molecule has 3 aromatic rings. The van der Waals surface area contributed by atoms with E-state index in [9.17, 15) is 9.59 Å². The van der Waals surface area contributed by atoms with Crippen LogP contribution in [0.2, 0.25) is 10.0 Å². The lowest BCUT2D eigenvalue weighted by Crippen LogP contribution is -2.52. The first-order chi connectivity index (χ1) is 17.5. The quantitative estimate of drug-likeness (QED) is 0.454. The van der Waals surface area contributed by atoms with E-state index >= 15 is 0 Å². The summed E-state index contributed by atoms with van der Waals surface area (Å²) in [5, 5.41) is 9.83. The molecule has 0 N–H and O–H groups in total. The minimum absolute atomic E-state index is 0.0154. The first-order valence-electron chi connectivity index (χ1n) is 12.1. The molecule has 0 radical (unpaired) electrons. The fourth-order valence-electron chi connectivity index (χ4n) is 4.39. The minimum Gasteiger partial charge on any atom is -0.352 e. The number of hydrogen-bond donors (Lipinski definition) is 0. The number of aromatic nitrogens is 2. The molecule has 5 rings (SSSR count). The Balaban J connectivity index is 1.18. The van der Waals surface area contributed by atoms with Gasteiger partial charge in [-0.3, -0.25) is 9.59 Å². The monoisotopic (exact) mass is 523 g/mol. The molecule has 2 aromatic carbocycles. The van der Waals surface area contributed by atoms with E-state index < -0.39 is 0 Å². The molecule has 1 saturated heterocycles. The maximum absolute atomic E-state index is 13.1. The van der Waals surface area contributed by atoms with Crippen LogP contribution in [0.4, 0.5) is 5.82 Å². The van der Waals surface area contributed by atoms with Gasteiger partial charge in [0.05, 0.1) is 10.7 Å². The fourth-order valence-corrected chi connectivity index (χ4v) is 4.89. The van der Waals surface area contributed by atoms with E-state index in [1.54, 1.807) is 17.0 Å². The first kappa shape index (κ1) is 24.5. The van der Waals surface area contributed by atoms with Crippen molar-refractivity contribution in [3.05, 3.63) is 76.3 Å². The third kappa shape index (κ3) is 5.79. The van der Waals surface area contributed by atoms with Gasteiger partial charge in [-0.2, -0.15) is 0 Å². The first-order valence-corrected chi connectivity index (χ1v) is 12.9. The summed E-state index contributed by atoms with van der Waals surface area (Å²) in [6.07, 6.45) is 1.84. The number of benzene rings is 2. The lowest BCUT2D eigenvalue weighted by Gasteiger charge is -2.36. The standard InChI is InChI=1S/C27H27Cl2N5O2/c28-21-8-9-22(23(29)16-21)24-10-11-25(31-30-24)32-12-14-33(15-13-32)26(35)18-34(27(36)20-6-7-20)17-19-4-2-1-3-5-19/h1-5,8-11,16,20H,6-7,12-15,17-18H2. The van der Waals surface area contributed by atoms with Gasteiger partial charge in [-0.05, 0) is 48.7 Å². The van der Waals surface area contributed by atoms with Gasteiger partial charge in [-0.15, -0.1) is 10.2 Å².